The minimum Gasteiger partial charge on any atom is -0.338 e. The number of nitrogens with one attached hydrogen (secondary N) is 2. The molecule has 0 aliphatic rings. The summed E-state index contributed by atoms with van der Waals surface area (Å²) < 4.78 is 0. The molecule has 0 fully saturated rings. The molecular formula is C17H19ClN2O. The maximum Gasteiger partial charge on any atom is 0.319 e. The highest BCUT2D eigenvalue weighted by atomic mass is 35.5. The molecule has 0 aromatic heterocycles. The van der Waals surface area contributed by atoms with Gasteiger partial charge in [-0.1, -0.05) is 47.5 Å². The van der Waals surface area contributed by atoms with Gasteiger partial charge in [-0.3, -0.25) is 0 Å². The molecule has 21 heavy (non-hydrogen) atoms. The fraction of sp³-hybridized carbons (Fsp3) is 0.235. The summed E-state index contributed by atoms with van der Waals surface area (Å²) in [5.74, 6) is 0. The standard InChI is InChI=1S/C17H19ClN2O/c1-13-7-9-14(10-8-13)4-3-11-19-17(21)20-16-6-2-5-15(18)12-16/h2,5-10,12H,3-4,11H2,1H3,(H2,19,20,21). The lowest BCUT2D eigenvalue weighted by Gasteiger charge is -2.08. The summed E-state index contributed by atoms with van der Waals surface area (Å²) in [5, 5.41) is 6.20. The molecule has 0 aliphatic carbocycles. The molecule has 3 nitrogen and oxygen atoms in total. The van der Waals surface area contributed by atoms with Crippen LogP contribution in [0.2, 0.25) is 5.02 Å². The van der Waals surface area contributed by atoms with Crippen molar-refractivity contribution >= 4 is 23.3 Å². The summed E-state index contributed by atoms with van der Waals surface area (Å²) in [7, 11) is 0. The molecule has 4 heteroatoms. The Morgan fingerprint density at radius 2 is 1.90 bits per heavy atom. The summed E-state index contributed by atoms with van der Waals surface area (Å²) in [4.78, 5) is 11.7. The van der Waals surface area contributed by atoms with Crippen LogP contribution in [0.5, 0.6) is 0 Å². The van der Waals surface area contributed by atoms with Gasteiger partial charge in [-0.15, -0.1) is 0 Å². The number of aryl methyl sites for hydroxylation is 2. The first-order valence-electron chi connectivity index (χ1n) is 6.99. The molecule has 0 unspecified atom stereocenters. The largest absolute Gasteiger partial charge is 0.338 e. The fourth-order valence-corrected chi connectivity index (χ4v) is 2.18. The summed E-state index contributed by atoms with van der Waals surface area (Å²) >= 11 is 5.86. The molecule has 0 saturated heterocycles. The van der Waals surface area contributed by atoms with Crippen molar-refractivity contribution in [3.8, 4) is 0 Å². The van der Waals surface area contributed by atoms with Gasteiger partial charge >= 0.3 is 6.03 Å². The van der Waals surface area contributed by atoms with Gasteiger partial charge in [0.05, 0.1) is 0 Å². The average Bonchev–Trinajstić information content (AvgIpc) is 2.45. The Bertz CT molecular complexity index is 596. The summed E-state index contributed by atoms with van der Waals surface area (Å²) in [6, 6.07) is 15.3. The van der Waals surface area contributed by atoms with Crippen LogP contribution in [0.4, 0.5) is 10.5 Å². The molecule has 2 N–H and O–H groups in total. The minimum absolute atomic E-state index is 0.207. The number of carbonyl (C=O) groups is 1. The molecule has 2 aromatic rings. The number of hydrogen-bond donors (Lipinski definition) is 2. The van der Waals surface area contributed by atoms with Crippen molar-refractivity contribution < 1.29 is 4.79 Å². The second-order valence-corrected chi connectivity index (χ2v) is 5.42. The van der Waals surface area contributed by atoms with Crippen LogP contribution in [-0.2, 0) is 6.42 Å². The number of hydrogen-bond acceptors (Lipinski definition) is 1. The Morgan fingerprint density at radius 3 is 2.62 bits per heavy atom. The van der Waals surface area contributed by atoms with Gasteiger partial charge in [-0.25, -0.2) is 4.79 Å². The van der Waals surface area contributed by atoms with Crippen LogP contribution in [0.1, 0.15) is 17.5 Å². The van der Waals surface area contributed by atoms with E-state index in [0.717, 1.165) is 12.8 Å². The van der Waals surface area contributed by atoms with E-state index in [9.17, 15) is 4.79 Å². The van der Waals surface area contributed by atoms with Crippen molar-refractivity contribution in [1.82, 2.24) is 5.32 Å². The normalized spacial score (nSPS) is 10.2. The highest BCUT2D eigenvalue weighted by molar-refractivity contribution is 6.30. The molecule has 0 saturated carbocycles. The van der Waals surface area contributed by atoms with Gasteiger partial charge < -0.3 is 10.6 Å². The van der Waals surface area contributed by atoms with E-state index in [0.29, 0.717) is 17.3 Å². The summed E-state index contributed by atoms with van der Waals surface area (Å²) in [6.07, 6.45) is 1.86. The number of amides is 2. The van der Waals surface area contributed by atoms with Crippen LogP contribution in [-0.4, -0.2) is 12.6 Å². The van der Waals surface area contributed by atoms with E-state index >= 15 is 0 Å². The lowest BCUT2D eigenvalue weighted by Crippen LogP contribution is -2.29. The van der Waals surface area contributed by atoms with E-state index in [1.54, 1.807) is 24.3 Å². The molecule has 0 atom stereocenters. The molecule has 0 radical (unpaired) electrons. The summed E-state index contributed by atoms with van der Waals surface area (Å²) in [6.45, 7) is 2.71. The van der Waals surface area contributed by atoms with Gasteiger partial charge in [0.1, 0.15) is 0 Å². The van der Waals surface area contributed by atoms with Gasteiger partial charge in [0, 0.05) is 17.3 Å². The Morgan fingerprint density at radius 1 is 1.14 bits per heavy atom. The summed E-state index contributed by atoms with van der Waals surface area (Å²) in [5.41, 5.74) is 3.24. The second kappa shape index (κ2) is 7.70. The second-order valence-electron chi connectivity index (χ2n) is 4.98. The van der Waals surface area contributed by atoms with Crippen LogP contribution in [0.25, 0.3) is 0 Å². The molecule has 0 bridgehead atoms. The average molecular weight is 303 g/mol. The smallest absolute Gasteiger partial charge is 0.319 e. The highest BCUT2D eigenvalue weighted by Crippen LogP contribution is 2.14. The van der Waals surface area contributed by atoms with Gasteiger partial charge in [-0.2, -0.15) is 0 Å². The predicted octanol–water partition coefficient (Wildman–Crippen LogP) is 4.40. The topological polar surface area (TPSA) is 41.1 Å². The minimum atomic E-state index is -0.207. The van der Waals surface area contributed by atoms with Crippen molar-refractivity contribution in [2.45, 2.75) is 19.8 Å². The molecular weight excluding hydrogens is 284 g/mol. The number of anilines is 1. The third-order valence-electron chi connectivity index (χ3n) is 3.13. The number of halogens is 1. The Balaban J connectivity index is 1.68. The van der Waals surface area contributed by atoms with E-state index in [1.807, 2.05) is 0 Å². The predicted molar refractivity (Wildman–Crippen MR) is 88.0 cm³/mol. The van der Waals surface area contributed by atoms with Crippen molar-refractivity contribution in [3.63, 3.8) is 0 Å². The van der Waals surface area contributed by atoms with Crippen molar-refractivity contribution in [2.75, 3.05) is 11.9 Å². The number of urea groups is 1. The van der Waals surface area contributed by atoms with E-state index < -0.39 is 0 Å². The third-order valence-corrected chi connectivity index (χ3v) is 3.37. The molecule has 2 amide bonds. The number of carbonyl (C=O) groups excluding carboxylic acids is 1. The number of rotatable bonds is 5. The monoisotopic (exact) mass is 302 g/mol. The van der Waals surface area contributed by atoms with E-state index in [1.165, 1.54) is 11.1 Å². The zero-order chi connectivity index (χ0) is 15.1. The lowest BCUT2D eigenvalue weighted by molar-refractivity contribution is 0.252. The highest BCUT2D eigenvalue weighted by Gasteiger charge is 2.01. The molecule has 110 valence electrons. The first-order valence-corrected chi connectivity index (χ1v) is 7.37. The van der Waals surface area contributed by atoms with Crippen LogP contribution in [0.3, 0.4) is 0 Å². The van der Waals surface area contributed by atoms with Crippen molar-refractivity contribution in [3.05, 3.63) is 64.7 Å². The Hall–Kier alpha value is -2.00. The third kappa shape index (κ3) is 5.48. The van der Waals surface area contributed by atoms with Crippen LogP contribution >= 0.6 is 11.6 Å². The number of benzene rings is 2. The van der Waals surface area contributed by atoms with Crippen molar-refractivity contribution in [1.29, 1.82) is 0 Å². The molecule has 2 rings (SSSR count). The van der Waals surface area contributed by atoms with Gasteiger partial charge in [0.15, 0.2) is 0 Å². The van der Waals surface area contributed by atoms with Crippen molar-refractivity contribution in [2.24, 2.45) is 0 Å². The molecule has 0 spiro atoms. The van der Waals surface area contributed by atoms with Crippen LogP contribution in [0.15, 0.2) is 48.5 Å². The van der Waals surface area contributed by atoms with E-state index in [-0.39, 0.29) is 6.03 Å². The fourth-order valence-electron chi connectivity index (χ4n) is 1.99. The maximum atomic E-state index is 11.7. The van der Waals surface area contributed by atoms with Crippen LogP contribution in [0, 0.1) is 6.92 Å². The Kier molecular flexibility index (Phi) is 5.64. The zero-order valence-electron chi connectivity index (χ0n) is 12.0. The first-order chi connectivity index (χ1) is 10.1. The SMILES string of the molecule is Cc1ccc(CCCNC(=O)Nc2cccc(Cl)c2)cc1. The first kappa shape index (κ1) is 15.4. The molecule has 0 aliphatic heterocycles. The molecule has 2 aromatic carbocycles. The maximum absolute atomic E-state index is 11.7. The molecule has 0 heterocycles. The van der Waals surface area contributed by atoms with E-state index in [2.05, 4.69) is 41.8 Å². The Labute approximate surface area is 130 Å². The van der Waals surface area contributed by atoms with E-state index in [4.69, 9.17) is 11.6 Å². The van der Waals surface area contributed by atoms with Crippen LogP contribution < -0.4 is 10.6 Å². The van der Waals surface area contributed by atoms with Gasteiger partial charge in [0.2, 0.25) is 0 Å². The van der Waals surface area contributed by atoms with Gasteiger partial charge in [-0.05, 0) is 43.5 Å². The zero-order valence-corrected chi connectivity index (χ0v) is 12.8. The van der Waals surface area contributed by atoms with Gasteiger partial charge in [0.25, 0.3) is 0 Å². The lowest BCUT2D eigenvalue weighted by atomic mass is 10.1. The quantitative estimate of drug-likeness (QED) is 0.790.